The fourth-order valence-corrected chi connectivity index (χ4v) is 2.17. The summed E-state index contributed by atoms with van der Waals surface area (Å²) in [7, 11) is 0. The fourth-order valence-electron chi connectivity index (χ4n) is 1.71. The van der Waals surface area contributed by atoms with Crippen LogP contribution in [0, 0.1) is 0 Å². The molecular formula is C12H17BrN2O4. The van der Waals surface area contributed by atoms with E-state index in [2.05, 4.69) is 21.2 Å². The summed E-state index contributed by atoms with van der Waals surface area (Å²) in [4.78, 5) is 23.0. The van der Waals surface area contributed by atoms with Crippen LogP contribution < -0.4 is 5.32 Å². The summed E-state index contributed by atoms with van der Waals surface area (Å²) in [6, 6.07) is 0.560. The number of halogens is 1. The molecule has 1 aromatic rings. The summed E-state index contributed by atoms with van der Waals surface area (Å²) in [5, 5.41) is 20.1. The molecule has 19 heavy (non-hydrogen) atoms. The van der Waals surface area contributed by atoms with Crippen molar-refractivity contribution in [2.24, 2.45) is 0 Å². The quantitative estimate of drug-likeness (QED) is 0.700. The van der Waals surface area contributed by atoms with E-state index < -0.39 is 17.9 Å². The van der Waals surface area contributed by atoms with E-state index in [9.17, 15) is 9.59 Å². The maximum absolute atomic E-state index is 12.0. The molecule has 6 nitrogen and oxygen atoms in total. The molecule has 0 saturated heterocycles. The molecule has 0 aromatic carbocycles. The van der Waals surface area contributed by atoms with E-state index >= 15 is 0 Å². The Kier molecular flexibility index (Phi) is 6.04. The number of nitrogens with one attached hydrogen (secondary N) is 1. The van der Waals surface area contributed by atoms with Crippen molar-refractivity contribution in [1.82, 2.24) is 9.88 Å². The molecule has 0 bridgehead atoms. The molecule has 0 aliphatic heterocycles. The van der Waals surface area contributed by atoms with E-state index in [4.69, 9.17) is 10.2 Å². The summed E-state index contributed by atoms with van der Waals surface area (Å²) in [5.74, 6) is -1.62. The number of rotatable bonds is 7. The number of carbonyl (C=O) groups excluding carboxylic acids is 1. The van der Waals surface area contributed by atoms with Crippen LogP contribution in [-0.4, -0.2) is 39.3 Å². The number of aryl methyl sites for hydroxylation is 1. The molecule has 1 atom stereocenters. The van der Waals surface area contributed by atoms with Gasteiger partial charge in [-0.05, 0) is 28.4 Å². The second-order valence-electron chi connectivity index (χ2n) is 4.11. The number of carboxylic acid groups (broad SMARTS) is 1. The molecule has 0 saturated carbocycles. The zero-order valence-electron chi connectivity index (χ0n) is 10.6. The van der Waals surface area contributed by atoms with Gasteiger partial charge in [-0.3, -0.25) is 4.79 Å². The summed E-state index contributed by atoms with van der Waals surface area (Å²) in [6.45, 7) is 2.37. The van der Waals surface area contributed by atoms with Gasteiger partial charge < -0.3 is 20.1 Å². The molecule has 1 heterocycles. The minimum Gasteiger partial charge on any atom is -0.480 e. The van der Waals surface area contributed by atoms with Crippen LogP contribution >= 0.6 is 15.9 Å². The van der Waals surface area contributed by atoms with Crippen LogP contribution in [-0.2, 0) is 11.3 Å². The average Bonchev–Trinajstić information content (AvgIpc) is 2.70. The molecule has 0 unspecified atom stereocenters. The van der Waals surface area contributed by atoms with Gasteiger partial charge in [-0.1, -0.05) is 6.92 Å². The molecule has 0 aliphatic rings. The Hall–Kier alpha value is -1.34. The molecular weight excluding hydrogens is 316 g/mol. The van der Waals surface area contributed by atoms with Gasteiger partial charge in [0.2, 0.25) is 0 Å². The zero-order valence-corrected chi connectivity index (χ0v) is 12.2. The third-order valence-corrected chi connectivity index (χ3v) is 3.02. The van der Waals surface area contributed by atoms with Gasteiger partial charge >= 0.3 is 5.97 Å². The minimum absolute atomic E-state index is 0.0171. The average molecular weight is 333 g/mol. The van der Waals surface area contributed by atoms with Crippen molar-refractivity contribution in [3.63, 3.8) is 0 Å². The predicted octanol–water partition coefficient (Wildman–Crippen LogP) is 1.23. The van der Waals surface area contributed by atoms with Crippen LogP contribution in [0.25, 0.3) is 0 Å². The minimum atomic E-state index is -1.16. The van der Waals surface area contributed by atoms with Crippen LogP contribution in [0.4, 0.5) is 0 Å². The van der Waals surface area contributed by atoms with Gasteiger partial charge in [0, 0.05) is 30.2 Å². The normalized spacial score (nSPS) is 12.2. The smallest absolute Gasteiger partial charge is 0.326 e. The molecule has 1 amide bonds. The summed E-state index contributed by atoms with van der Waals surface area (Å²) in [5.41, 5.74) is 0.401. The monoisotopic (exact) mass is 332 g/mol. The number of aliphatic carboxylic acids is 1. The van der Waals surface area contributed by atoms with Crippen molar-refractivity contribution in [3.8, 4) is 0 Å². The summed E-state index contributed by atoms with van der Waals surface area (Å²) in [6.07, 6.45) is 2.62. The second kappa shape index (κ2) is 7.30. The number of amides is 1. The SMILES string of the molecule is CCCn1cc(Br)cc1C(=O)N[C@H](CCO)C(=O)O. The second-order valence-corrected chi connectivity index (χ2v) is 5.03. The Morgan fingerprint density at radius 3 is 2.74 bits per heavy atom. The number of carboxylic acids is 1. The standard InChI is InChI=1S/C12H17BrN2O4/c1-2-4-15-7-8(13)6-10(15)11(17)14-9(3-5-16)12(18)19/h6-7,9,16H,2-5H2,1H3,(H,14,17)(H,18,19)/t9-/m1/s1. The van der Waals surface area contributed by atoms with Crippen molar-refractivity contribution < 1.29 is 19.8 Å². The highest BCUT2D eigenvalue weighted by Gasteiger charge is 2.22. The van der Waals surface area contributed by atoms with E-state index in [-0.39, 0.29) is 13.0 Å². The Bertz CT molecular complexity index is 459. The number of aliphatic hydroxyl groups is 1. The van der Waals surface area contributed by atoms with Crippen molar-refractivity contribution in [3.05, 3.63) is 22.4 Å². The van der Waals surface area contributed by atoms with Gasteiger partial charge in [-0.15, -0.1) is 0 Å². The number of carbonyl (C=O) groups is 2. The van der Waals surface area contributed by atoms with Crippen LogP contribution in [0.15, 0.2) is 16.7 Å². The first-order valence-corrected chi connectivity index (χ1v) is 6.79. The van der Waals surface area contributed by atoms with Crippen molar-refractivity contribution in [2.45, 2.75) is 32.4 Å². The van der Waals surface area contributed by atoms with E-state index in [0.29, 0.717) is 12.2 Å². The first kappa shape index (κ1) is 15.7. The Morgan fingerprint density at radius 2 is 2.21 bits per heavy atom. The van der Waals surface area contributed by atoms with Gasteiger partial charge in [0.05, 0.1) is 0 Å². The van der Waals surface area contributed by atoms with E-state index in [1.165, 1.54) is 0 Å². The molecule has 0 spiro atoms. The first-order valence-electron chi connectivity index (χ1n) is 5.99. The lowest BCUT2D eigenvalue weighted by atomic mass is 10.2. The third kappa shape index (κ3) is 4.36. The van der Waals surface area contributed by atoms with Crippen LogP contribution in [0.1, 0.15) is 30.3 Å². The lowest BCUT2D eigenvalue weighted by Crippen LogP contribution is -2.42. The molecule has 1 aromatic heterocycles. The first-order chi connectivity index (χ1) is 8.99. The summed E-state index contributed by atoms with van der Waals surface area (Å²) < 4.78 is 2.53. The zero-order chi connectivity index (χ0) is 14.4. The Balaban J connectivity index is 2.84. The van der Waals surface area contributed by atoms with Gasteiger partial charge in [0.25, 0.3) is 5.91 Å². The van der Waals surface area contributed by atoms with Crippen LogP contribution in [0.5, 0.6) is 0 Å². The van der Waals surface area contributed by atoms with E-state index in [1.54, 1.807) is 16.8 Å². The lowest BCUT2D eigenvalue weighted by molar-refractivity contribution is -0.139. The van der Waals surface area contributed by atoms with Crippen molar-refractivity contribution in [2.75, 3.05) is 6.61 Å². The number of hydrogen-bond donors (Lipinski definition) is 3. The van der Waals surface area contributed by atoms with E-state index in [1.807, 2.05) is 6.92 Å². The maximum atomic E-state index is 12.0. The highest BCUT2D eigenvalue weighted by atomic mass is 79.9. The van der Waals surface area contributed by atoms with Crippen LogP contribution in [0.2, 0.25) is 0 Å². The number of nitrogens with zero attached hydrogens (tertiary/aromatic N) is 1. The predicted molar refractivity (Wildman–Crippen MR) is 73.0 cm³/mol. The molecule has 1 rings (SSSR count). The molecule has 106 valence electrons. The molecule has 7 heteroatoms. The number of hydrogen-bond acceptors (Lipinski definition) is 3. The van der Waals surface area contributed by atoms with Crippen molar-refractivity contribution >= 4 is 27.8 Å². The van der Waals surface area contributed by atoms with Gasteiger partial charge in [-0.25, -0.2) is 4.79 Å². The lowest BCUT2D eigenvalue weighted by Gasteiger charge is -2.14. The maximum Gasteiger partial charge on any atom is 0.326 e. The highest BCUT2D eigenvalue weighted by molar-refractivity contribution is 9.10. The molecule has 0 radical (unpaired) electrons. The van der Waals surface area contributed by atoms with Gasteiger partial charge in [0.15, 0.2) is 0 Å². The largest absolute Gasteiger partial charge is 0.480 e. The Labute approximate surface area is 119 Å². The van der Waals surface area contributed by atoms with Gasteiger partial charge in [0.1, 0.15) is 11.7 Å². The molecule has 0 aliphatic carbocycles. The topological polar surface area (TPSA) is 91.6 Å². The van der Waals surface area contributed by atoms with Crippen LogP contribution in [0.3, 0.4) is 0 Å². The Morgan fingerprint density at radius 1 is 1.53 bits per heavy atom. The van der Waals surface area contributed by atoms with Crippen molar-refractivity contribution in [1.29, 1.82) is 0 Å². The number of aliphatic hydroxyl groups excluding tert-OH is 1. The number of aromatic nitrogens is 1. The van der Waals surface area contributed by atoms with Gasteiger partial charge in [-0.2, -0.15) is 0 Å². The molecule has 0 fully saturated rings. The third-order valence-electron chi connectivity index (χ3n) is 2.58. The fraction of sp³-hybridized carbons (Fsp3) is 0.500. The van der Waals surface area contributed by atoms with E-state index in [0.717, 1.165) is 10.9 Å². The summed E-state index contributed by atoms with van der Waals surface area (Å²) >= 11 is 3.29. The molecule has 3 N–H and O–H groups in total. The highest BCUT2D eigenvalue weighted by Crippen LogP contribution is 2.15.